The standard InChI is InChI=1S/C14H19N3O3S/c1-5-20-13-9-7-6-8-12(13)16-21(18,19)14-10(2)15-17(4)11(14)3/h6-9,16H,5H2,1-4H3. The maximum Gasteiger partial charge on any atom is 0.265 e. The van der Waals surface area contributed by atoms with Crippen molar-refractivity contribution in [2.24, 2.45) is 7.05 Å². The summed E-state index contributed by atoms with van der Waals surface area (Å²) in [6, 6.07) is 6.95. The van der Waals surface area contributed by atoms with Crippen LogP contribution in [0.3, 0.4) is 0 Å². The van der Waals surface area contributed by atoms with Crippen LogP contribution in [0.25, 0.3) is 0 Å². The van der Waals surface area contributed by atoms with Gasteiger partial charge in [0, 0.05) is 7.05 Å². The van der Waals surface area contributed by atoms with E-state index >= 15 is 0 Å². The molecular weight excluding hydrogens is 290 g/mol. The van der Waals surface area contributed by atoms with E-state index in [4.69, 9.17) is 4.74 Å². The Kier molecular flexibility index (Phi) is 4.22. The second-order valence-electron chi connectivity index (χ2n) is 4.66. The van der Waals surface area contributed by atoms with Crippen molar-refractivity contribution in [3.8, 4) is 5.75 Å². The second kappa shape index (κ2) is 5.77. The maximum atomic E-state index is 12.6. The van der Waals surface area contributed by atoms with Crippen molar-refractivity contribution in [2.45, 2.75) is 25.7 Å². The molecule has 114 valence electrons. The van der Waals surface area contributed by atoms with Crippen molar-refractivity contribution in [2.75, 3.05) is 11.3 Å². The van der Waals surface area contributed by atoms with Crippen LogP contribution in [0.2, 0.25) is 0 Å². The van der Waals surface area contributed by atoms with E-state index < -0.39 is 10.0 Å². The van der Waals surface area contributed by atoms with E-state index in [1.807, 2.05) is 6.92 Å². The van der Waals surface area contributed by atoms with E-state index in [-0.39, 0.29) is 4.90 Å². The number of aryl methyl sites for hydroxylation is 2. The number of benzene rings is 1. The van der Waals surface area contributed by atoms with Crippen LogP contribution < -0.4 is 9.46 Å². The molecule has 0 aliphatic rings. The summed E-state index contributed by atoms with van der Waals surface area (Å²) >= 11 is 0. The minimum absolute atomic E-state index is 0.205. The normalized spacial score (nSPS) is 11.4. The molecule has 0 aliphatic heterocycles. The molecule has 0 saturated heterocycles. The number of aromatic nitrogens is 2. The zero-order valence-corrected chi connectivity index (χ0v) is 13.4. The summed E-state index contributed by atoms with van der Waals surface area (Å²) in [6.07, 6.45) is 0. The number of anilines is 1. The van der Waals surface area contributed by atoms with Gasteiger partial charge in [-0.3, -0.25) is 9.40 Å². The highest BCUT2D eigenvalue weighted by Crippen LogP contribution is 2.28. The van der Waals surface area contributed by atoms with Crippen molar-refractivity contribution in [1.82, 2.24) is 9.78 Å². The molecule has 7 heteroatoms. The predicted octanol–water partition coefficient (Wildman–Crippen LogP) is 2.24. The van der Waals surface area contributed by atoms with E-state index in [2.05, 4.69) is 9.82 Å². The summed E-state index contributed by atoms with van der Waals surface area (Å²) in [7, 11) is -1.99. The van der Waals surface area contributed by atoms with Crippen LogP contribution in [-0.2, 0) is 17.1 Å². The van der Waals surface area contributed by atoms with Crippen LogP contribution in [0.5, 0.6) is 5.75 Å². The van der Waals surface area contributed by atoms with Crippen LogP contribution in [0.4, 0.5) is 5.69 Å². The van der Waals surface area contributed by atoms with Crippen LogP contribution in [0, 0.1) is 13.8 Å². The van der Waals surface area contributed by atoms with Crippen molar-refractivity contribution in [3.05, 3.63) is 35.7 Å². The molecule has 0 bridgehead atoms. The fraction of sp³-hybridized carbons (Fsp3) is 0.357. The van der Waals surface area contributed by atoms with Crippen LogP contribution in [-0.4, -0.2) is 24.8 Å². The first kappa shape index (κ1) is 15.4. The van der Waals surface area contributed by atoms with E-state index in [0.29, 0.717) is 29.4 Å². The van der Waals surface area contributed by atoms with Crippen molar-refractivity contribution >= 4 is 15.7 Å². The third kappa shape index (κ3) is 3.02. The molecule has 21 heavy (non-hydrogen) atoms. The van der Waals surface area contributed by atoms with Crippen LogP contribution in [0.15, 0.2) is 29.2 Å². The molecular formula is C14H19N3O3S. The molecule has 0 spiro atoms. The van der Waals surface area contributed by atoms with Crippen molar-refractivity contribution in [1.29, 1.82) is 0 Å². The fourth-order valence-electron chi connectivity index (χ4n) is 2.17. The lowest BCUT2D eigenvalue weighted by Crippen LogP contribution is -2.15. The lowest BCUT2D eigenvalue weighted by Gasteiger charge is -2.12. The zero-order chi connectivity index (χ0) is 15.6. The highest BCUT2D eigenvalue weighted by atomic mass is 32.2. The third-order valence-corrected chi connectivity index (χ3v) is 4.76. The molecule has 2 aromatic rings. The van der Waals surface area contributed by atoms with Crippen molar-refractivity contribution < 1.29 is 13.2 Å². The summed E-state index contributed by atoms with van der Waals surface area (Å²) in [6.45, 7) is 5.71. The number of hydrogen-bond donors (Lipinski definition) is 1. The molecule has 1 aromatic carbocycles. The summed E-state index contributed by atoms with van der Waals surface area (Å²) in [4.78, 5) is 0.205. The molecule has 0 aliphatic carbocycles. The number of ether oxygens (including phenoxy) is 1. The molecule has 1 aromatic heterocycles. The molecule has 0 amide bonds. The fourth-order valence-corrected chi connectivity index (χ4v) is 3.68. The van der Waals surface area contributed by atoms with Gasteiger partial charge in [-0.1, -0.05) is 12.1 Å². The zero-order valence-electron chi connectivity index (χ0n) is 12.5. The molecule has 1 heterocycles. The Morgan fingerprint density at radius 1 is 1.29 bits per heavy atom. The van der Waals surface area contributed by atoms with Crippen molar-refractivity contribution in [3.63, 3.8) is 0 Å². The van der Waals surface area contributed by atoms with E-state index in [9.17, 15) is 8.42 Å². The van der Waals surface area contributed by atoms with E-state index in [1.54, 1.807) is 49.8 Å². The lowest BCUT2D eigenvalue weighted by molar-refractivity contribution is 0.342. The SMILES string of the molecule is CCOc1ccccc1NS(=O)(=O)c1c(C)nn(C)c1C. The maximum absolute atomic E-state index is 12.6. The largest absolute Gasteiger partial charge is 0.492 e. The minimum atomic E-state index is -3.71. The minimum Gasteiger partial charge on any atom is -0.492 e. The smallest absolute Gasteiger partial charge is 0.265 e. The van der Waals surface area contributed by atoms with Gasteiger partial charge >= 0.3 is 0 Å². The molecule has 0 radical (unpaired) electrons. The van der Waals surface area contributed by atoms with Gasteiger partial charge in [0.2, 0.25) is 0 Å². The second-order valence-corrected chi connectivity index (χ2v) is 6.28. The lowest BCUT2D eigenvalue weighted by atomic mass is 10.3. The van der Waals surface area contributed by atoms with Gasteiger partial charge in [0.25, 0.3) is 10.0 Å². The Morgan fingerprint density at radius 2 is 1.95 bits per heavy atom. The van der Waals surface area contributed by atoms with Gasteiger partial charge in [-0.2, -0.15) is 5.10 Å². The molecule has 0 unspecified atom stereocenters. The average Bonchev–Trinajstić information content (AvgIpc) is 2.66. The predicted molar refractivity (Wildman–Crippen MR) is 81.1 cm³/mol. The number of rotatable bonds is 5. The van der Waals surface area contributed by atoms with Gasteiger partial charge < -0.3 is 4.74 Å². The summed E-state index contributed by atoms with van der Waals surface area (Å²) in [5.74, 6) is 0.503. The Bertz CT molecular complexity index is 751. The van der Waals surface area contributed by atoms with Gasteiger partial charge in [-0.05, 0) is 32.9 Å². The summed E-state index contributed by atoms with van der Waals surface area (Å²) in [5, 5.41) is 4.14. The first-order valence-corrected chi connectivity index (χ1v) is 8.10. The Balaban J connectivity index is 2.43. The number of sulfonamides is 1. The van der Waals surface area contributed by atoms with Gasteiger partial charge in [0.15, 0.2) is 0 Å². The average molecular weight is 309 g/mol. The van der Waals surface area contributed by atoms with Gasteiger partial charge in [-0.25, -0.2) is 8.42 Å². The molecule has 6 nitrogen and oxygen atoms in total. The number of hydrogen-bond acceptors (Lipinski definition) is 4. The Labute approximate surface area is 124 Å². The number of nitrogens with one attached hydrogen (secondary N) is 1. The third-order valence-electron chi connectivity index (χ3n) is 3.14. The quantitative estimate of drug-likeness (QED) is 0.919. The van der Waals surface area contributed by atoms with Crippen LogP contribution >= 0.6 is 0 Å². The highest BCUT2D eigenvalue weighted by molar-refractivity contribution is 7.92. The molecule has 1 N–H and O–H groups in total. The number of para-hydroxylation sites is 2. The first-order valence-electron chi connectivity index (χ1n) is 6.61. The summed E-state index contributed by atoms with van der Waals surface area (Å²) in [5.41, 5.74) is 1.48. The van der Waals surface area contributed by atoms with Gasteiger partial charge in [0.05, 0.1) is 23.7 Å². The first-order chi connectivity index (χ1) is 9.86. The monoisotopic (exact) mass is 309 g/mol. The highest BCUT2D eigenvalue weighted by Gasteiger charge is 2.24. The number of nitrogens with zero attached hydrogens (tertiary/aromatic N) is 2. The molecule has 2 rings (SSSR count). The van der Waals surface area contributed by atoms with E-state index in [1.165, 1.54) is 0 Å². The molecule has 0 saturated carbocycles. The van der Waals surface area contributed by atoms with Gasteiger partial charge in [-0.15, -0.1) is 0 Å². The molecule has 0 atom stereocenters. The Morgan fingerprint density at radius 3 is 2.52 bits per heavy atom. The topological polar surface area (TPSA) is 73.2 Å². The van der Waals surface area contributed by atoms with Crippen LogP contribution in [0.1, 0.15) is 18.3 Å². The van der Waals surface area contributed by atoms with Gasteiger partial charge in [0.1, 0.15) is 10.6 Å². The van der Waals surface area contributed by atoms with E-state index in [0.717, 1.165) is 0 Å². The Hall–Kier alpha value is -2.02. The molecule has 0 fully saturated rings. The summed E-state index contributed by atoms with van der Waals surface area (Å²) < 4.78 is 34.8.